The van der Waals surface area contributed by atoms with Crippen LogP contribution in [0.1, 0.15) is 30.3 Å². The minimum absolute atomic E-state index is 0.279. The molecule has 1 aliphatic rings. The third kappa shape index (κ3) is 4.29. The average Bonchev–Trinajstić information content (AvgIpc) is 2.55. The number of rotatable bonds is 5. The van der Waals surface area contributed by atoms with Gasteiger partial charge in [-0.25, -0.2) is 4.98 Å². The maximum Gasteiger partial charge on any atom is 0.231 e. The number of amides is 1. The van der Waals surface area contributed by atoms with Crippen molar-refractivity contribution in [3.63, 3.8) is 0 Å². The highest BCUT2D eigenvalue weighted by Crippen LogP contribution is 2.28. The highest BCUT2D eigenvalue weighted by atomic mass is 16.5. The number of carbonyl (C=O) groups excluding carboxylic acids is 1. The molecule has 1 aliphatic heterocycles. The van der Waals surface area contributed by atoms with Gasteiger partial charge in [0.1, 0.15) is 11.6 Å². The lowest BCUT2D eigenvalue weighted by Crippen LogP contribution is -2.39. The van der Waals surface area contributed by atoms with Crippen LogP contribution in [-0.4, -0.2) is 40.4 Å². The van der Waals surface area contributed by atoms with Gasteiger partial charge in [0.2, 0.25) is 11.8 Å². The molecule has 1 aromatic carbocycles. The second-order valence-corrected chi connectivity index (χ2v) is 6.14. The zero-order valence-corrected chi connectivity index (χ0v) is 13.8. The van der Waals surface area contributed by atoms with E-state index in [1.165, 1.54) is 0 Å². The molecule has 0 atom stereocenters. The number of likely N-dealkylation sites (tertiary alicyclic amines) is 1. The van der Waals surface area contributed by atoms with E-state index in [1.54, 1.807) is 0 Å². The first-order chi connectivity index (χ1) is 11.6. The maximum absolute atomic E-state index is 11.0. The third-order valence-corrected chi connectivity index (χ3v) is 4.15. The van der Waals surface area contributed by atoms with Crippen molar-refractivity contribution in [1.29, 1.82) is 0 Å². The van der Waals surface area contributed by atoms with Crippen LogP contribution in [0.2, 0.25) is 0 Å². The van der Waals surface area contributed by atoms with E-state index in [4.69, 9.17) is 10.5 Å². The molecule has 1 aromatic heterocycles. The van der Waals surface area contributed by atoms with Crippen LogP contribution >= 0.6 is 0 Å². The van der Waals surface area contributed by atoms with Crippen molar-refractivity contribution < 1.29 is 9.53 Å². The Morgan fingerprint density at radius 2 is 1.96 bits per heavy atom. The Balaban J connectivity index is 1.69. The number of nitrogens with zero attached hydrogens (tertiary/aromatic N) is 3. The van der Waals surface area contributed by atoms with Gasteiger partial charge in [-0.2, -0.15) is 4.98 Å². The predicted octanol–water partition coefficient (Wildman–Crippen LogP) is 2.24. The van der Waals surface area contributed by atoms with E-state index in [1.807, 2.05) is 43.3 Å². The largest absolute Gasteiger partial charge is 0.439 e. The fourth-order valence-electron chi connectivity index (χ4n) is 2.98. The molecule has 0 saturated carbocycles. The van der Waals surface area contributed by atoms with Crippen molar-refractivity contribution in [3.8, 4) is 11.6 Å². The second-order valence-electron chi connectivity index (χ2n) is 6.14. The van der Waals surface area contributed by atoms with Crippen molar-refractivity contribution in [2.24, 2.45) is 5.73 Å². The topological polar surface area (TPSA) is 81.3 Å². The van der Waals surface area contributed by atoms with Gasteiger partial charge in [-0.15, -0.1) is 0 Å². The summed E-state index contributed by atoms with van der Waals surface area (Å²) in [5.74, 6) is 2.16. The summed E-state index contributed by atoms with van der Waals surface area (Å²) in [4.78, 5) is 22.3. The van der Waals surface area contributed by atoms with Crippen LogP contribution in [0.4, 0.5) is 0 Å². The smallest absolute Gasteiger partial charge is 0.231 e. The second kappa shape index (κ2) is 7.40. The minimum Gasteiger partial charge on any atom is -0.439 e. The maximum atomic E-state index is 11.0. The number of hydrogen-bond acceptors (Lipinski definition) is 5. The quantitative estimate of drug-likeness (QED) is 0.911. The van der Waals surface area contributed by atoms with Crippen LogP contribution in [0.25, 0.3) is 0 Å². The molecular formula is C18H22N4O2. The predicted molar refractivity (Wildman–Crippen MR) is 90.9 cm³/mol. The lowest BCUT2D eigenvalue weighted by Gasteiger charge is -2.30. The summed E-state index contributed by atoms with van der Waals surface area (Å²) in [6.45, 7) is 3.94. The number of para-hydroxylation sites is 1. The summed E-state index contributed by atoms with van der Waals surface area (Å²) < 4.78 is 5.84. The van der Waals surface area contributed by atoms with E-state index in [2.05, 4.69) is 14.9 Å². The van der Waals surface area contributed by atoms with Gasteiger partial charge in [-0.1, -0.05) is 18.2 Å². The Bertz CT molecular complexity index is 697. The summed E-state index contributed by atoms with van der Waals surface area (Å²) in [6.07, 6.45) is 1.84. The summed E-state index contributed by atoms with van der Waals surface area (Å²) >= 11 is 0. The zero-order valence-electron chi connectivity index (χ0n) is 13.8. The van der Waals surface area contributed by atoms with Gasteiger partial charge in [-0.05, 0) is 45.0 Å². The molecule has 126 valence electrons. The Morgan fingerprint density at radius 1 is 1.25 bits per heavy atom. The van der Waals surface area contributed by atoms with Gasteiger partial charge in [0.15, 0.2) is 0 Å². The molecule has 1 saturated heterocycles. The van der Waals surface area contributed by atoms with E-state index < -0.39 is 0 Å². The standard InChI is InChI=1S/C18H22N4O2/c1-13-11-17(24-15-5-3-2-4-6-15)21-18(20-13)14-7-9-22(10-8-14)12-16(19)23/h2-6,11,14H,7-10,12H2,1H3,(H2,19,23). The number of ether oxygens (including phenoxy) is 1. The number of nitrogens with two attached hydrogens (primary N) is 1. The van der Waals surface area contributed by atoms with E-state index >= 15 is 0 Å². The highest BCUT2D eigenvalue weighted by molar-refractivity contribution is 5.75. The molecule has 6 nitrogen and oxygen atoms in total. The van der Waals surface area contributed by atoms with Gasteiger partial charge < -0.3 is 10.5 Å². The third-order valence-electron chi connectivity index (χ3n) is 4.15. The molecule has 1 amide bonds. The molecule has 0 radical (unpaired) electrons. The molecule has 2 N–H and O–H groups in total. The Morgan fingerprint density at radius 3 is 2.62 bits per heavy atom. The van der Waals surface area contributed by atoms with Crippen molar-refractivity contribution in [1.82, 2.24) is 14.9 Å². The van der Waals surface area contributed by atoms with Crippen LogP contribution in [0.5, 0.6) is 11.6 Å². The molecule has 24 heavy (non-hydrogen) atoms. The number of carbonyl (C=O) groups is 1. The van der Waals surface area contributed by atoms with E-state index in [9.17, 15) is 4.79 Å². The molecule has 0 unspecified atom stereocenters. The number of benzene rings is 1. The first-order valence-corrected chi connectivity index (χ1v) is 8.19. The molecular weight excluding hydrogens is 304 g/mol. The van der Waals surface area contributed by atoms with Gasteiger partial charge in [-0.3, -0.25) is 9.69 Å². The van der Waals surface area contributed by atoms with Crippen LogP contribution < -0.4 is 10.5 Å². The van der Waals surface area contributed by atoms with Crippen molar-refractivity contribution in [2.45, 2.75) is 25.7 Å². The summed E-state index contributed by atoms with van der Waals surface area (Å²) in [5, 5.41) is 0. The molecule has 6 heteroatoms. The first kappa shape index (κ1) is 16.4. The van der Waals surface area contributed by atoms with Crippen LogP contribution in [0.3, 0.4) is 0 Å². The molecule has 1 fully saturated rings. The van der Waals surface area contributed by atoms with Crippen LogP contribution in [0.15, 0.2) is 36.4 Å². The first-order valence-electron chi connectivity index (χ1n) is 8.19. The zero-order chi connectivity index (χ0) is 16.9. The highest BCUT2D eigenvalue weighted by Gasteiger charge is 2.24. The number of primary amides is 1. The molecule has 0 bridgehead atoms. The fraction of sp³-hybridized carbons (Fsp3) is 0.389. The number of aryl methyl sites for hydroxylation is 1. The summed E-state index contributed by atoms with van der Waals surface area (Å²) in [6, 6.07) is 11.5. The van der Waals surface area contributed by atoms with Gasteiger partial charge in [0.05, 0.1) is 6.54 Å². The van der Waals surface area contributed by atoms with Gasteiger partial charge in [0, 0.05) is 17.7 Å². The normalized spacial score (nSPS) is 16.0. The monoisotopic (exact) mass is 326 g/mol. The number of hydrogen-bond donors (Lipinski definition) is 1. The molecule has 3 rings (SSSR count). The molecule has 2 aromatic rings. The fourth-order valence-corrected chi connectivity index (χ4v) is 2.98. The molecule has 2 heterocycles. The van der Waals surface area contributed by atoms with Crippen LogP contribution in [-0.2, 0) is 4.79 Å². The van der Waals surface area contributed by atoms with E-state index in [-0.39, 0.29) is 11.8 Å². The lowest BCUT2D eigenvalue weighted by molar-refractivity contribution is -0.119. The van der Waals surface area contributed by atoms with Crippen molar-refractivity contribution in [2.75, 3.05) is 19.6 Å². The number of piperidine rings is 1. The average molecular weight is 326 g/mol. The Kier molecular flexibility index (Phi) is 5.05. The number of aromatic nitrogens is 2. The minimum atomic E-state index is -0.279. The lowest BCUT2D eigenvalue weighted by atomic mass is 9.96. The van der Waals surface area contributed by atoms with E-state index in [0.29, 0.717) is 12.4 Å². The van der Waals surface area contributed by atoms with Gasteiger partial charge in [0.25, 0.3) is 0 Å². The Hall–Kier alpha value is -2.47. The van der Waals surface area contributed by atoms with Crippen molar-refractivity contribution in [3.05, 3.63) is 47.9 Å². The van der Waals surface area contributed by atoms with Gasteiger partial charge >= 0.3 is 0 Å². The molecule has 0 aliphatic carbocycles. The van der Waals surface area contributed by atoms with Crippen molar-refractivity contribution >= 4 is 5.91 Å². The summed E-state index contributed by atoms with van der Waals surface area (Å²) in [5.41, 5.74) is 6.15. The summed E-state index contributed by atoms with van der Waals surface area (Å²) in [7, 11) is 0. The van der Waals surface area contributed by atoms with E-state index in [0.717, 1.165) is 43.2 Å². The SMILES string of the molecule is Cc1cc(Oc2ccccc2)nc(C2CCN(CC(N)=O)CC2)n1. The molecule has 0 spiro atoms. The Labute approximate surface area is 141 Å². The van der Waals surface area contributed by atoms with Crippen LogP contribution in [0, 0.1) is 6.92 Å².